The van der Waals surface area contributed by atoms with Crippen molar-refractivity contribution in [3.05, 3.63) is 53.6 Å². The molecule has 1 aliphatic rings. The van der Waals surface area contributed by atoms with Gasteiger partial charge in [-0.25, -0.2) is 0 Å². The van der Waals surface area contributed by atoms with Crippen LogP contribution in [-0.2, 0) is 0 Å². The van der Waals surface area contributed by atoms with Gasteiger partial charge in [-0.05, 0) is 49.6 Å². The van der Waals surface area contributed by atoms with Gasteiger partial charge in [0.05, 0.1) is 18.6 Å². The van der Waals surface area contributed by atoms with Crippen LogP contribution in [0.1, 0.15) is 29.9 Å². The van der Waals surface area contributed by atoms with E-state index in [1.165, 1.54) is 5.56 Å². The minimum absolute atomic E-state index is 0.161. The number of benzene rings is 2. The number of rotatable bonds is 6. The topological polar surface area (TPSA) is 51.5 Å². The van der Waals surface area contributed by atoms with Gasteiger partial charge in [-0.3, -0.25) is 0 Å². The minimum atomic E-state index is -0.161. The fourth-order valence-corrected chi connectivity index (χ4v) is 2.55. The molecule has 4 nitrogen and oxygen atoms in total. The van der Waals surface area contributed by atoms with E-state index < -0.39 is 0 Å². The van der Waals surface area contributed by atoms with Crippen LogP contribution < -0.4 is 14.2 Å². The fourth-order valence-electron chi connectivity index (χ4n) is 2.55. The molecule has 0 amide bonds. The molecule has 2 aromatic rings. The first-order chi connectivity index (χ1) is 11.3. The largest absolute Gasteiger partial charge is 0.494 e. The summed E-state index contributed by atoms with van der Waals surface area (Å²) in [5.41, 5.74) is 2.18. The SMILES string of the molecule is Cc1ccc(OCCCC(C#N)c2ccc3c(c2)OCO3)cc1. The Hall–Kier alpha value is -2.67. The van der Waals surface area contributed by atoms with Crippen LogP contribution in [0, 0.1) is 18.3 Å². The van der Waals surface area contributed by atoms with Gasteiger partial charge in [-0.15, -0.1) is 0 Å². The molecule has 1 aliphatic heterocycles. The van der Waals surface area contributed by atoms with Gasteiger partial charge in [0.1, 0.15) is 5.75 Å². The summed E-state index contributed by atoms with van der Waals surface area (Å²) in [4.78, 5) is 0. The standard InChI is InChI=1S/C19H19NO3/c1-14-4-7-17(8-5-14)21-10-2-3-16(12-20)15-6-9-18-19(11-15)23-13-22-18/h4-9,11,16H,2-3,10,13H2,1H3. The molecule has 0 saturated carbocycles. The van der Waals surface area contributed by atoms with E-state index in [2.05, 4.69) is 6.07 Å². The number of hydrogen-bond acceptors (Lipinski definition) is 4. The first-order valence-corrected chi connectivity index (χ1v) is 7.75. The molecule has 0 N–H and O–H groups in total. The molecule has 2 aromatic carbocycles. The van der Waals surface area contributed by atoms with Crippen molar-refractivity contribution in [1.29, 1.82) is 5.26 Å². The molecule has 23 heavy (non-hydrogen) atoms. The molecule has 4 heteroatoms. The summed E-state index contributed by atoms with van der Waals surface area (Å²) < 4.78 is 16.4. The van der Waals surface area contributed by atoms with Crippen molar-refractivity contribution in [3.63, 3.8) is 0 Å². The average molecular weight is 309 g/mol. The van der Waals surface area contributed by atoms with E-state index in [9.17, 15) is 5.26 Å². The average Bonchev–Trinajstić information content (AvgIpc) is 3.04. The maximum absolute atomic E-state index is 9.41. The lowest BCUT2D eigenvalue weighted by atomic mass is 9.95. The van der Waals surface area contributed by atoms with Crippen LogP contribution in [0.25, 0.3) is 0 Å². The van der Waals surface area contributed by atoms with Crippen molar-refractivity contribution >= 4 is 0 Å². The molecule has 0 aromatic heterocycles. The van der Waals surface area contributed by atoms with E-state index in [-0.39, 0.29) is 12.7 Å². The molecule has 3 rings (SSSR count). The second kappa shape index (κ2) is 7.06. The van der Waals surface area contributed by atoms with Gasteiger partial charge in [0.2, 0.25) is 6.79 Å². The van der Waals surface area contributed by atoms with E-state index in [4.69, 9.17) is 14.2 Å². The monoisotopic (exact) mass is 309 g/mol. The Bertz CT molecular complexity index is 704. The smallest absolute Gasteiger partial charge is 0.231 e. The third-order valence-corrected chi connectivity index (χ3v) is 3.88. The highest BCUT2D eigenvalue weighted by Crippen LogP contribution is 2.35. The Labute approximate surface area is 136 Å². The summed E-state index contributed by atoms with van der Waals surface area (Å²) in [5.74, 6) is 2.17. The molecule has 0 spiro atoms. The van der Waals surface area contributed by atoms with Crippen LogP contribution in [0.15, 0.2) is 42.5 Å². The van der Waals surface area contributed by atoms with Gasteiger partial charge in [-0.1, -0.05) is 23.8 Å². The Morgan fingerprint density at radius 2 is 1.91 bits per heavy atom. The maximum Gasteiger partial charge on any atom is 0.231 e. The lowest BCUT2D eigenvalue weighted by molar-refractivity contribution is 0.174. The molecule has 1 atom stereocenters. The van der Waals surface area contributed by atoms with Crippen LogP contribution in [-0.4, -0.2) is 13.4 Å². The first-order valence-electron chi connectivity index (χ1n) is 7.75. The molecule has 0 aliphatic carbocycles. The van der Waals surface area contributed by atoms with E-state index in [1.54, 1.807) is 0 Å². The molecule has 0 fully saturated rings. The summed E-state index contributed by atoms with van der Waals surface area (Å²) >= 11 is 0. The summed E-state index contributed by atoms with van der Waals surface area (Å²) in [5, 5.41) is 9.41. The first kappa shape index (κ1) is 15.2. The van der Waals surface area contributed by atoms with E-state index in [0.29, 0.717) is 6.61 Å². The third kappa shape index (κ3) is 3.75. The summed E-state index contributed by atoms with van der Waals surface area (Å²) in [6.07, 6.45) is 1.57. The Kier molecular flexibility index (Phi) is 4.68. The van der Waals surface area contributed by atoms with Crippen molar-refractivity contribution < 1.29 is 14.2 Å². The zero-order chi connectivity index (χ0) is 16.1. The minimum Gasteiger partial charge on any atom is -0.494 e. The second-order valence-electron chi connectivity index (χ2n) is 5.60. The molecule has 0 bridgehead atoms. The Morgan fingerprint density at radius 1 is 1.13 bits per heavy atom. The van der Waals surface area contributed by atoms with Crippen molar-refractivity contribution in [2.45, 2.75) is 25.7 Å². The maximum atomic E-state index is 9.41. The van der Waals surface area contributed by atoms with Gasteiger partial charge >= 0.3 is 0 Å². The number of aryl methyl sites for hydroxylation is 1. The number of hydrogen-bond donors (Lipinski definition) is 0. The number of nitrogens with zero attached hydrogens (tertiary/aromatic N) is 1. The van der Waals surface area contributed by atoms with Gasteiger partial charge in [0.25, 0.3) is 0 Å². The zero-order valence-corrected chi connectivity index (χ0v) is 13.1. The molecule has 0 radical (unpaired) electrons. The van der Waals surface area contributed by atoms with Gasteiger partial charge in [-0.2, -0.15) is 5.26 Å². The molecular formula is C19H19NO3. The summed E-state index contributed by atoms with van der Waals surface area (Å²) in [7, 11) is 0. The van der Waals surface area contributed by atoms with Crippen molar-refractivity contribution in [2.24, 2.45) is 0 Å². The van der Waals surface area contributed by atoms with E-state index in [1.807, 2.05) is 49.4 Å². The predicted molar refractivity (Wildman–Crippen MR) is 86.8 cm³/mol. The number of nitriles is 1. The normalized spacial score (nSPS) is 13.4. The van der Waals surface area contributed by atoms with Crippen LogP contribution in [0.2, 0.25) is 0 Å². The van der Waals surface area contributed by atoms with Crippen LogP contribution in [0.4, 0.5) is 0 Å². The van der Waals surface area contributed by atoms with Crippen molar-refractivity contribution in [2.75, 3.05) is 13.4 Å². The summed E-state index contributed by atoms with van der Waals surface area (Å²) in [6.45, 7) is 2.90. The lowest BCUT2D eigenvalue weighted by Gasteiger charge is -2.11. The van der Waals surface area contributed by atoms with Crippen LogP contribution >= 0.6 is 0 Å². The van der Waals surface area contributed by atoms with Crippen LogP contribution in [0.3, 0.4) is 0 Å². The fraction of sp³-hybridized carbons (Fsp3) is 0.316. The summed E-state index contributed by atoms with van der Waals surface area (Å²) in [6, 6.07) is 16.1. The van der Waals surface area contributed by atoms with Crippen molar-refractivity contribution in [3.8, 4) is 23.3 Å². The molecule has 1 unspecified atom stereocenters. The predicted octanol–water partition coefficient (Wildman–Crippen LogP) is 4.19. The highest BCUT2D eigenvalue weighted by atomic mass is 16.7. The van der Waals surface area contributed by atoms with E-state index >= 15 is 0 Å². The molecule has 118 valence electrons. The van der Waals surface area contributed by atoms with Gasteiger partial charge in [0, 0.05) is 0 Å². The second-order valence-corrected chi connectivity index (χ2v) is 5.60. The number of ether oxygens (including phenoxy) is 3. The van der Waals surface area contributed by atoms with Crippen LogP contribution in [0.5, 0.6) is 17.2 Å². The lowest BCUT2D eigenvalue weighted by Crippen LogP contribution is -2.02. The molecule has 0 saturated heterocycles. The third-order valence-electron chi connectivity index (χ3n) is 3.88. The number of fused-ring (bicyclic) bond motifs is 1. The van der Waals surface area contributed by atoms with Gasteiger partial charge < -0.3 is 14.2 Å². The van der Waals surface area contributed by atoms with Gasteiger partial charge in [0.15, 0.2) is 11.5 Å². The highest BCUT2D eigenvalue weighted by Gasteiger charge is 2.17. The molecular weight excluding hydrogens is 290 g/mol. The van der Waals surface area contributed by atoms with E-state index in [0.717, 1.165) is 35.7 Å². The highest BCUT2D eigenvalue weighted by molar-refractivity contribution is 5.46. The molecule has 1 heterocycles. The quantitative estimate of drug-likeness (QED) is 0.751. The zero-order valence-electron chi connectivity index (χ0n) is 13.1. The van der Waals surface area contributed by atoms with Crippen molar-refractivity contribution in [1.82, 2.24) is 0 Å². The Morgan fingerprint density at radius 3 is 2.70 bits per heavy atom. The Balaban J connectivity index is 1.52.